The highest BCUT2D eigenvalue weighted by molar-refractivity contribution is 4.88. The fraction of sp³-hybridized carbons (Fsp3) is 1.00. The van der Waals surface area contributed by atoms with Crippen LogP contribution in [0.4, 0.5) is 0 Å². The van der Waals surface area contributed by atoms with E-state index < -0.39 is 0 Å². The minimum atomic E-state index is 0.574. The monoisotopic (exact) mass is 212 g/mol. The molecule has 0 aliphatic carbocycles. The van der Waals surface area contributed by atoms with Crippen molar-refractivity contribution < 1.29 is 0 Å². The van der Waals surface area contributed by atoms with Gasteiger partial charge in [-0.25, -0.2) is 0 Å². The lowest BCUT2D eigenvalue weighted by molar-refractivity contribution is 0.0354. The maximum absolute atomic E-state index is 3.37. The molecule has 5 unspecified atom stereocenters. The number of piperidine rings is 1. The minimum Gasteiger partial charge on any atom is -0.316 e. The Bertz CT molecular complexity index is 193. The molecule has 1 N–H and O–H groups in total. The van der Waals surface area contributed by atoms with Crippen LogP contribution in [0.1, 0.15) is 41.0 Å². The zero-order valence-corrected chi connectivity index (χ0v) is 11.2. The summed E-state index contributed by atoms with van der Waals surface area (Å²) in [5.41, 5.74) is 0. The van der Waals surface area contributed by atoms with Crippen molar-refractivity contribution in [2.75, 3.05) is 13.6 Å². The molecule has 0 aromatic carbocycles. The molecule has 0 bridgehead atoms. The minimum absolute atomic E-state index is 0.574. The van der Waals surface area contributed by atoms with Gasteiger partial charge >= 0.3 is 0 Å². The third kappa shape index (κ3) is 2.94. The van der Waals surface area contributed by atoms with E-state index in [2.05, 4.69) is 51.9 Å². The Labute approximate surface area is 95.4 Å². The molecule has 1 fully saturated rings. The van der Waals surface area contributed by atoms with Crippen LogP contribution in [-0.2, 0) is 0 Å². The van der Waals surface area contributed by atoms with Gasteiger partial charge in [-0.1, -0.05) is 13.8 Å². The van der Waals surface area contributed by atoms with Crippen molar-refractivity contribution in [3.05, 3.63) is 0 Å². The molecule has 0 aromatic heterocycles. The van der Waals surface area contributed by atoms with Crippen LogP contribution in [0.3, 0.4) is 0 Å². The Morgan fingerprint density at radius 3 is 2.33 bits per heavy atom. The van der Waals surface area contributed by atoms with E-state index in [1.54, 1.807) is 0 Å². The van der Waals surface area contributed by atoms with Gasteiger partial charge in [0, 0.05) is 24.7 Å². The molecule has 2 heteroatoms. The zero-order chi connectivity index (χ0) is 11.6. The second-order valence-corrected chi connectivity index (χ2v) is 5.57. The van der Waals surface area contributed by atoms with Crippen molar-refractivity contribution in [3.63, 3.8) is 0 Å². The predicted octanol–water partition coefficient (Wildman–Crippen LogP) is 2.35. The molecule has 1 saturated heterocycles. The third-order valence-electron chi connectivity index (χ3n) is 4.35. The average molecular weight is 212 g/mol. The molecule has 0 radical (unpaired) electrons. The predicted molar refractivity (Wildman–Crippen MR) is 67.1 cm³/mol. The summed E-state index contributed by atoms with van der Waals surface area (Å²) in [6, 6.07) is 1.94. The van der Waals surface area contributed by atoms with Crippen LogP contribution >= 0.6 is 0 Å². The summed E-state index contributed by atoms with van der Waals surface area (Å²) >= 11 is 0. The van der Waals surface area contributed by atoms with Crippen molar-refractivity contribution in [1.29, 1.82) is 0 Å². The maximum atomic E-state index is 3.37. The average Bonchev–Trinajstić information content (AvgIpc) is 2.21. The van der Waals surface area contributed by atoms with Gasteiger partial charge in [-0.15, -0.1) is 0 Å². The van der Waals surface area contributed by atoms with Crippen LogP contribution in [0, 0.1) is 11.8 Å². The van der Waals surface area contributed by atoms with Gasteiger partial charge in [0.25, 0.3) is 0 Å². The van der Waals surface area contributed by atoms with Gasteiger partial charge in [0.2, 0.25) is 0 Å². The zero-order valence-electron chi connectivity index (χ0n) is 11.2. The Morgan fingerprint density at radius 2 is 1.80 bits per heavy atom. The molecule has 5 atom stereocenters. The Hall–Kier alpha value is -0.0800. The number of nitrogens with zero attached hydrogens (tertiary/aromatic N) is 1. The maximum Gasteiger partial charge on any atom is 0.0221 e. The van der Waals surface area contributed by atoms with Crippen LogP contribution in [0.15, 0.2) is 0 Å². The van der Waals surface area contributed by atoms with Crippen molar-refractivity contribution in [2.24, 2.45) is 11.8 Å². The highest BCUT2D eigenvalue weighted by atomic mass is 15.2. The normalized spacial score (nSPS) is 37.6. The number of nitrogens with one attached hydrogen (secondary N) is 1. The number of hydrogen-bond donors (Lipinski definition) is 1. The molecule has 0 amide bonds. The standard InChI is InChI=1S/C13H28N2/c1-9-7-10(2)12(4)15(8-9)13(5)11(3)14-6/h9-14H,7-8H2,1-6H3. The molecule has 1 aliphatic heterocycles. The first kappa shape index (κ1) is 13.0. The van der Waals surface area contributed by atoms with E-state index >= 15 is 0 Å². The van der Waals surface area contributed by atoms with Gasteiger partial charge < -0.3 is 5.32 Å². The largest absolute Gasteiger partial charge is 0.316 e. The van der Waals surface area contributed by atoms with Gasteiger partial charge in [0.15, 0.2) is 0 Å². The summed E-state index contributed by atoms with van der Waals surface area (Å²) in [6.45, 7) is 13.0. The lowest BCUT2D eigenvalue weighted by Gasteiger charge is -2.46. The van der Waals surface area contributed by atoms with Crippen LogP contribution in [0.2, 0.25) is 0 Å². The molecular weight excluding hydrogens is 184 g/mol. The fourth-order valence-electron chi connectivity index (χ4n) is 2.82. The molecule has 1 rings (SSSR count). The lowest BCUT2D eigenvalue weighted by atomic mass is 9.84. The third-order valence-corrected chi connectivity index (χ3v) is 4.35. The van der Waals surface area contributed by atoms with Gasteiger partial charge in [-0.3, -0.25) is 4.90 Å². The topological polar surface area (TPSA) is 15.3 Å². The molecule has 15 heavy (non-hydrogen) atoms. The van der Waals surface area contributed by atoms with Gasteiger partial charge in [0.1, 0.15) is 0 Å². The number of rotatable bonds is 3. The summed E-state index contributed by atoms with van der Waals surface area (Å²) in [5.74, 6) is 1.68. The smallest absolute Gasteiger partial charge is 0.0221 e. The number of likely N-dealkylation sites (N-methyl/N-ethyl adjacent to an activating group) is 1. The van der Waals surface area contributed by atoms with Crippen molar-refractivity contribution in [3.8, 4) is 0 Å². The number of hydrogen-bond acceptors (Lipinski definition) is 2. The molecule has 1 heterocycles. The van der Waals surface area contributed by atoms with Gasteiger partial charge in [-0.05, 0) is 46.1 Å². The quantitative estimate of drug-likeness (QED) is 0.772. The van der Waals surface area contributed by atoms with Crippen LogP contribution in [0.25, 0.3) is 0 Å². The summed E-state index contributed by atoms with van der Waals surface area (Å²) in [7, 11) is 2.06. The molecule has 0 saturated carbocycles. The van der Waals surface area contributed by atoms with E-state index in [1.807, 2.05) is 0 Å². The Kier molecular flexibility index (Phi) is 4.60. The second-order valence-electron chi connectivity index (χ2n) is 5.57. The first-order valence-electron chi connectivity index (χ1n) is 6.40. The Morgan fingerprint density at radius 1 is 1.20 bits per heavy atom. The van der Waals surface area contributed by atoms with E-state index in [9.17, 15) is 0 Å². The molecule has 1 aliphatic rings. The van der Waals surface area contributed by atoms with Crippen molar-refractivity contribution in [2.45, 2.75) is 59.2 Å². The van der Waals surface area contributed by atoms with Crippen LogP contribution in [0.5, 0.6) is 0 Å². The number of likely N-dealkylation sites (tertiary alicyclic amines) is 1. The van der Waals surface area contributed by atoms with Crippen molar-refractivity contribution >= 4 is 0 Å². The lowest BCUT2D eigenvalue weighted by Crippen LogP contribution is -2.55. The van der Waals surface area contributed by atoms with Gasteiger partial charge in [-0.2, -0.15) is 0 Å². The SMILES string of the molecule is CNC(C)C(C)N1CC(C)CC(C)C1C. The second kappa shape index (κ2) is 5.31. The van der Waals surface area contributed by atoms with Crippen molar-refractivity contribution in [1.82, 2.24) is 10.2 Å². The van der Waals surface area contributed by atoms with E-state index in [0.29, 0.717) is 12.1 Å². The Balaban J connectivity index is 2.65. The van der Waals surface area contributed by atoms with Gasteiger partial charge in [0.05, 0.1) is 0 Å². The highest BCUT2D eigenvalue weighted by Gasteiger charge is 2.32. The first-order chi connectivity index (χ1) is 6.97. The molecule has 0 spiro atoms. The van der Waals surface area contributed by atoms with E-state index in [1.165, 1.54) is 13.0 Å². The van der Waals surface area contributed by atoms with Crippen LogP contribution < -0.4 is 5.32 Å². The molecule has 2 nitrogen and oxygen atoms in total. The summed E-state index contributed by atoms with van der Waals surface area (Å²) in [6.07, 6.45) is 1.39. The highest BCUT2D eigenvalue weighted by Crippen LogP contribution is 2.28. The summed E-state index contributed by atoms with van der Waals surface area (Å²) in [4.78, 5) is 2.68. The fourth-order valence-corrected chi connectivity index (χ4v) is 2.82. The first-order valence-corrected chi connectivity index (χ1v) is 6.40. The summed E-state index contributed by atoms with van der Waals surface area (Å²) in [5, 5.41) is 3.37. The van der Waals surface area contributed by atoms with E-state index in [0.717, 1.165) is 17.9 Å². The van der Waals surface area contributed by atoms with Crippen LogP contribution in [-0.4, -0.2) is 36.6 Å². The molecule has 90 valence electrons. The summed E-state index contributed by atoms with van der Waals surface area (Å²) < 4.78 is 0. The van der Waals surface area contributed by atoms with E-state index in [-0.39, 0.29) is 0 Å². The molecule has 0 aromatic rings. The van der Waals surface area contributed by atoms with E-state index in [4.69, 9.17) is 0 Å². The molecular formula is C13H28N2.